The molecule has 0 bridgehead atoms. The fourth-order valence-electron chi connectivity index (χ4n) is 2.17. The first kappa shape index (κ1) is 20.7. The van der Waals surface area contributed by atoms with E-state index < -0.39 is 5.97 Å². The number of carboxylic acid groups (broad SMARTS) is 1. The third-order valence-electron chi connectivity index (χ3n) is 3.51. The number of carboxylic acids is 1. The normalized spacial score (nSPS) is 12.0. The van der Waals surface area contributed by atoms with E-state index in [0.717, 1.165) is 32.1 Å². The molecule has 0 aromatic carbocycles. The summed E-state index contributed by atoms with van der Waals surface area (Å²) in [6.45, 7) is 2.25. The molecule has 0 spiro atoms. The Kier molecular flexibility index (Phi) is 16.7. The highest BCUT2D eigenvalue weighted by Crippen LogP contribution is 2.05. The Morgan fingerprint density at radius 3 is 1.95 bits per heavy atom. The Bertz CT molecular complexity index is 327. The second-order valence-electron chi connectivity index (χ2n) is 5.72. The van der Waals surface area contributed by atoms with Gasteiger partial charge in [-0.15, -0.1) is 0 Å². The van der Waals surface area contributed by atoms with Crippen molar-refractivity contribution >= 4 is 5.97 Å². The summed E-state index contributed by atoms with van der Waals surface area (Å²) < 4.78 is 0. The van der Waals surface area contributed by atoms with Gasteiger partial charge in [-0.05, 0) is 44.9 Å². The van der Waals surface area contributed by atoms with Crippen molar-refractivity contribution in [2.24, 2.45) is 0 Å². The van der Waals surface area contributed by atoms with Crippen LogP contribution in [0, 0.1) is 0 Å². The van der Waals surface area contributed by atoms with Crippen LogP contribution in [0.25, 0.3) is 0 Å². The van der Waals surface area contributed by atoms with Crippen molar-refractivity contribution in [3.63, 3.8) is 0 Å². The van der Waals surface area contributed by atoms with Gasteiger partial charge in [-0.1, -0.05) is 69.1 Å². The maximum atomic E-state index is 10.3. The molecule has 0 aromatic heterocycles. The lowest BCUT2D eigenvalue weighted by molar-refractivity contribution is -0.137. The minimum atomic E-state index is -0.703. The van der Waals surface area contributed by atoms with Crippen LogP contribution in [0.15, 0.2) is 36.5 Å². The summed E-state index contributed by atoms with van der Waals surface area (Å²) in [6, 6.07) is 0. The van der Waals surface area contributed by atoms with Crippen LogP contribution >= 0.6 is 0 Å². The van der Waals surface area contributed by atoms with E-state index in [1.165, 1.54) is 38.5 Å². The summed E-state index contributed by atoms with van der Waals surface area (Å²) in [5, 5.41) is 8.50. The summed E-state index contributed by atoms with van der Waals surface area (Å²) in [6.07, 6.45) is 26.3. The van der Waals surface area contributed by atoms with E-state index in [0.29, 0.717) is 0 Å². The van der Waals surface area contributed by atoms with Crippen molar-refractivity contribution in [3.8, 4) is 0 Å². The number of hydrogen-bond acceptors (Lipinski definition) is 1. The molecule has 2 nitrogen and oxygen atoms in total. The number of hydrogen-bond donors (Lipinski definition) is 1. The molecule has 0 saturated heterocycles. The maximum Gasteiger partial charge on any atom is 0.303 e. The molecular formula is C20H34O2. The molecule has 0 saturated carbocycles. The van der Waals surface area contributed by atoms with Gasteiger partial charge in [0.25, 0.3) is 0 Å². The smallest absolute Gasteiger partial charge is 0.303 e. The standard InChI is InChI=1S/C20H34O2/c1-2-3-4-5-6-7-8-9-10-11-12-13-14-15-16-17-18-19-20(21)22/h8-9,11-12,15-16H,2-7,10,13-14,17-19H2,1H3,(H,21,22). The summed E-state index contributed by atoms with van der Waals surface area (Å²) in [5.41, 5.74) is 0. The van der Waals surface area contributed by atoms with Gasteiger partial charge in [0.15, 0.2) is 0 Å². The van der Waals surface area contributed by atoms with Gasteiger partial charge < -0.3 is 5.11 Å². The lowest BCUT2D eigenvalue weighted by atomic mass is 10.1. The Balaban J connectivity index is 3.29. The molecule has 2 heteroatoms. The van der Waals surface area contributed by atoms with E-state index in [-0.39, 0.29) is 6.42 Å². The number of allylic oxidation sites excluding steroid dienone is 6. The topological polar surface area (TPSA) is 37.3 Å². The maximum absolute atomic E-state index is 10.3. The van der Waals surface area contributed by atoms with Gasteiger partial charge in [0, 0.05) is 6.42 Å². The monoisotopic (exact) mass is 306 g/mol. The van der Waals surface area contributed by atoms with Crippen molar-refractivity contribution < 1.29 is 9.90 Å². The molecule has 126 valence electrons. The van der Waals surface area contributed by atoms with Crippen LogP contribution in [0.3, 0.4) is 0 Å². The van der Waals surface area contributed by atoms with E-state index in [4.69, 9.17) is 5.11 Å². The minimum Gasteiger partial charge on any atom is -0.481 e. The largest absolute Gasteiger partial charge is 0.481 e. The van der Waals surface area contributed by atoms with E-state index >= 15 is 0 Å². The first-order valence-electron chi connectivity index (χ1n) is 8.94. The zero-order chi connectivity index (χ0) is 16.3. The van der Waals surface area contributed by atoms with Gasteiger partial charge in [-0.2, -0.15) is 0 Å². The lowest BCUT2D eigenvalue weighted by Gasteiger charge is -1.95. The third kappa shape index (κ3) is 18.7. The summed E-state index contributed by atoms with van der Waals surface area (Å²) in [7, 11) is 0. The van der Waals surface area contributed by atoms with E-state index in [1.807, 2.05) is 0 Å². The molecule has 22 heavy (non-hydrogen) atoms. The van der Waals surface area contributed by atoms with Crippen molar-refractivity contribution in [3.05, 3.63) is 36.5 Å². The second kappa shape index (κ2) is 17.7. The van der Waals surface area contributed by atoms with Crippen LogP contribution in [0.4, 0.5) is 0 Å². The Labute approximate surface area is 137 Å². The predicted octanol–water partition coefficient (Wildman–Crippen LogP) is 6.44. The molecule has 0 aliphatic rings. The summed E-state index contributed by atoms with van der Waals surface area (Å²) in [5.74, 6) is -0.703. The van der Waals surface area contributed by atoms with Crippen molar-refractivity contribution in [1.82, 2.24) is 0 Å². The van der Waals surface area contributed by atoms with Gasteiger partial charge >= 0.3 is 5.97 Å². The van der Waals surface area contributed by atoms with Gasteiger partial charge in [0.05, 0.1) is 0 Å². The molecule has 0 unspecified atom stereocenters. The van der Waals surface area contributed by atoms with Crippen LogP contribution < -0.4 is 0 Å². The molecule has 0 amide bonds. The van der Waals surface area contributed by atoms with Crippen LogP contribution in [0.1, 0.15) is 84.0 Å². The molecule has 0 radical (unpaired) electrons. The van der Waals surface area contributed by atoms with Crippen molar-refractivity contribution in [2.75, 3.05) is 0 Å². The van der Waals surface area contributed by atoms with Gasteiger partial charge in [0.2, 0.25) is 0 Å². The molecule has 0 aliphatic carbocycles. The van der Waals surface area contributed by atoms with Crippen molar-refractivity contribution in [1.29, 1.82) is 0 Å². The van der Waals surface area contributed by atoms with E-state index in [1.54, 1.807) is 0 Å². The summed E-state index contributed by atoms with van der Waals surface area (Å²) >= 11 is 0. The average Bonchev–Trinajstić information content (AvgIpc) is 2.50. The fourth-order valence-corrected chi connectivity index (χ4v) is 2.17. The van der Waals surface area contributed by atoms with Gasteiger partial charge in [-0.3, -0.25) is 4.79 Å². The molecule has 0 atom stereocenters. The number of aliphatic carboxylic acids is 1. The molecule has 0 aliphatic heterocycles. The zero-order valence-corrected chi connectivity index (χ0v) is 14.3. The second-order valence-corrected chi connectivity index (χ2v) is 5.72. The SMILES string of the molecule is CCCCCCCC=CCC=CCCC=CCCCC(=O)O. The molecular weight excluding hydrogens is 272 g/mol. The van der Waals surface area contributed by atoms with Crippen LogP contribution in [0.5, 0.6) is 0 Å². The first-order valence-corrected chi connectivity index (χ1v) is 8.94. The number of unbranched alkanes of at least 4 members (excludes halogenated alkanes) is 7. The van der Waals surface area contributed by atoms with Gasteiger partial charge in [0.1, 0.15) is 0 Å². The molecule has 0 rings (SSSR count). The molecule has 0 heterocycles. The Morgan fingerprint density at radius 1 is 0.727 bits per heavy atom. The number of rotatable bonds is 15. The van der Waals surface area contributed by atoms with Crippen LogP contribution in [-0.4, -0.2) is 11.1 Å². The lowest BCUT2D eigenvalue weighted by Crippen LogP contribution is -1.92. The molecule has 0 fully saturated rings. The highest BCUT2D eigenvalue weighted by atomic mass is 16.4. The zero-order valence-electron chi connectivity index (χ0n) is 14.3. The van der Waals surface area contributed by atoms with E-state index in [2.05, 4.69) is 43.4 Å². The van der Waals surface area contributed by atoms with E-state index in [9.17, 15) is 4.79 Å². The predicted molar refractivity (Wildman–Crippen MR) is 96.1 cm³/mol. The Morgan fingerprint density at radius 2 is 1.27 bits per heavy atom. The molecule has 0 aromatic rings. The van der Waals surface area contributed by atoms with Crippen LogP contribution in [-0.2, 0) is 4.79 Å². The Hall–Kier alpha value is -1.31. The minimum absolute atomic E-state index is 0.273. The quantitative estimate of drug-likeness (QED) is 0.279. The summed E-state index contributed by atoms with van der Waals surface area (Å²) in [4.78, 5) is 10.3. The fraction of sp³-hybridized carbons (Fsp3) is 0.650. The number of carbonyl (C=O) groups is 1. The average molecular weight is 306 g/mol. The third-order valence-corrected chi connectivity index (χ3v) is 3.51. The highest BCUT2D eigenvalue weighted by Gasteiger charge is 1.92. The van der Waals surface area contributed by atoms with Crippen molar-refractivity contribution in [2.45, 2.75) is 84.0 Å². The highest BCUT2D eigenvalue weighted by molar-refractivity contribution is 5.66. The van der Waals surface area contributed by atoms with Crippen LogP contribution in [0.2, 0.25) is 0 Å². The molecule has 1 N–H and O–H groups in total. The van der Waals surface area contributed by atoms with Gasteiger partial charge in [-0.25, -0.2) is 0 Å². The first-order chi connectivity index (χ1) is 10.8.